The molecule has 6 heteroatoms. The average Bonchev–Trinajstić information content (AvgIpc) is 2.75. The first kappa shape index (κ1) is 16.5. The predicted molar refractivity (Wildman–Crippen MR) is 93.1 cm³/mol. The molecule has 1 amide bonds. The van der Waals surface area contributed by atoms with Crippen molar-refractivity contribution < 1.29 is 9.53 Å². The monoisotopic (exact) mass is 328 g/mol. The molecule has 1 aliphatic heterocycles. The van der Waals surface area contributed by atoms with Crippen molar-refractivity contribution in [2.24, 2.45) is 13.0 Å². The lowest BCUT2D eigenvalue weighted by Gasteiger charge is -2.17. The molecule has 0 fully saturated rings. The van der Waals surface area contributed by atoms with Gasteiger partial charge in [0.2, 0.25) is 5.91 Å². The Bertz CT molecular complexity index is 724. The summed E-state index contributed by atoms with van der Waals surface area (Å²) in [5, 5.41) is 10.7. The number of carbonyl (C=O) groups is 1. The first-order valence-corrected chi connectivity index (χ1v) is 8.33. The summed E-state index contributed by atoms with van der Waals surface area (Å²) in [6, 6.07) is 9.15. The number of fused-ring (bicyclic) bond motifs is 1. The fraction of sp³-hybridized carbons (Fsp3) is 0.444. The molecule has 0 spiro atoms. The zero-order chi connectivity index (χ0) is 17.1. The van der Waals surface area contributed by atoms with Crippen LogP contribution in [0.5, 0.6) is 5.75 Å². The second kappa shape index (κ2) is 7.05. The minimum Gasteiger partial charge on any atom is -0.492 e. The zero-order valence-corrected chi connectivity index (χ0v) is 14.4. The van der Waals surface area contributed by atoms with Crippen LogP contribution >= 0.6 is 0 Å². The first-order chi connectivity index (χ1) is 11.5. The summed E-state index contributed by atoms with van der Waals surface area (Å²) < 4.78 is 7.41. The van der Waals surface area contributed by atoms with Gasteiger partial charge in [-0.15, -0.1) is 0 Å². The van der Waals surface area contributed by atoms with Crippen molar-refractivity contribution in [1.29, 1.82) is 0 Å². The van der Waals surface area contributed by atoms with Crippen LogP contribution in [0.1, 0.15) is 31.1 Å². The minimum atomic E-state index is -0.438. The van der Waals surface area contributed by atoms with Gasteiger partial charge in [-0.05, 0) is 18.4 Å². The van der Waals surface area contributed by atoms with Crippen LogP contribution in [-0.4, -0.2) is 28.8 Å². The number of carbonyl (C=O) groups excluding carboxylic acids is 1. The molecule has 6 nitrogen and oxygen atoms in total. The van der Waals surface area contributed by atoms with E-state index in [1.165, 1.54) is 0 Å². The van der Waals surface area contributed by atoms with Crippen molar-refractivity contribution in [3.63, 3.8) is 0 Å². The van der Waals surface area contributed by atoms with E-state index < -0.39 is 6.04 Å². The number of nitrogens with one attached hydrogen (secondary N) is 2. The second-order valence-corrected chi connectivity index (χ2v) is 6.51. The molecule has 1 atom stereocenters. The van der Waals surface area contributed by atoms with Gasteiger partial charge in [0.15, 0.2) is 0 Å². The van der Waals surface area contributed by atoms with Crippen LogP contribution in [0.3, 0.4) is 0 Å². The van der Waals surface area contributed by atoms with Crippen LogP contribution in [-0.2, 0) is 18.3 Å². The summed E-state index contributed by atoms with van der Waals surface area (Å²) in [4.78, 5) is 12.8. The van der Waals surface area contributed by atoms with E-state index in [4.69, 9.17) is 4.74 Å². The fourth-order valence-electron chi connectivity index (χ4n) is 2.92. The summed E-state index contributed by atoms with van der Waals surface area (Å²) in [5.41, 5.74) is 1.84. The molecule has 128 valence electrons. The molecule has 0 saturated carbocycles. The van der Waals surface area contributed by atoms with Crippen LogP contribution in [0, 0.1) is 5.92 Å². The van der Waals surface area contributed by atoms with Gasteiger partial charge in [-0.1, -0.05) is 32.0 Å². The topological polar surface area (TPSA) is 68.2 Å². The number of anilines is 1. The highest BCUT2D eigenvalue weighted by Crippen LogP contribution is 2.28. The third-order valence-electron chi connectivity index (χ3n) is 4.00. The largest absolute Gasteiger partial charge is 0.492 e. The lowest BCUT2D eigenvalue weighted by molar-refractivity contribution is -0.118. The molecule has 0 radical (unpaired) electrons. The number of aryl methyl sites for hydroxylation is 1. The van der Waals surface area contributed by atoms with Gasteiger partial charge in [-0.3, -0.25) is 14.8 Å². The van der Waals surface area contributed by atoms with Gasteiger partial charge in [0, 0.05) is 25.2 Å². The van der Waals surface area contributed by atoms with Crippen molar-refractivity contribution in [2.75, 3.05) is 18.5 Å². The molecule has 2 heterocycles. The molecule has 3 rings (SSSR count). The number of hydrogen-bond acceptors (Lipinski definition) is 4. The lowest BCUT2D eigenvalue weighted by atomic mass is 10.1. The van der Waals surface area contributed by atoms with Crippen LogP contribution < -0.4 is 15.4 Å². The summed E-state index contributed by atoms with van der Waals surface area (Å²) >= 11 is 0. The van der Waals surface area contributed by atoms with Crippen molar-refractivity contribution >= 4 is 11.7 Å². The number of rotatable bonds is 4. The Kier molecular flexibility index (Phi) is 4.85. The van der Waals surface area contributed by atoms with Crippen molar-refractivity contribution in [1.82, 2.24) is 15.1 Å². The van der Waals surface area contributed by atoms with E-state index in [1.54, 1.807) is 4.68 Å². The Labute approximate surface area is 142 Å². The molecule has 2 N–H and O–H groups in total. The normalized spacial score (nSPS) is 17.1. The Hall–Kier alpha value is -2.34. The molecule has 1 aliphatic rings. The van der Waals surface area contributed by atoms with Crippen LogP contribution in [0.2, 0.25) is 0 Å². The SMILES string of the molecule is CC(C)Cc1cc(NC(=O)C2NCCOc3ccccc32)n(C)n1. The quantitative estimate of drug-likeness (QED) is 0.903. The Morgan fingerprint density at radius 3 is 3.04 bits per heavy atom. The van der Waals surface area contributed by atoms with E-state index in [0.29, 0.717) is 24.9 Å². The fourth-order valence-corrected chi connectivity index (χ4v) is 2.92. The van der Waals surface area contributed by atoms with E-state index in [2.05, 4.69) is 29.6 Å². The van der Waals surface area contributed by atoms with Crippen molar-refractivity contribution in [3.8, 4) is 5.75 Å². The van der Waals surface area contributed by atoms with E-state index >= 15 is 0 Å². The highest BCUT2D eigenvalue weighted by molar-refractivity contribution is 5.95. The van der Waals surface area contributed by atoms with Crippen LogP contribution in [0.15, 0.2) is 30.3 Å². The Balaban J connectivity index is 1.79. The number of ether oxygens (including phenoxy) is 1. The van der Waals surface area contributed by atoms with Crippen molar-refractivity contribution in [2.45, 2.75) is 26.3 Å². The molecule has 1 aromatic heterocycles. The number of benzene rings is 1. The highest BCUT2D eigenvalue weighted by Gasteiger charge is 2.26. The first-order valence-electron chi connectivity index (χ1n) is 8.33. The number of aromatic nitrogens is 2. The summed E-state index contributed by atoms with van der Waals surface area (Å²) in [7, 11) is 1.84. The number of amides is 1. The van der Waals surface area contributed by atoms with Gasteiger partial charge in [0.05, 0.1) is 5.69 Å². The third-order valence-corrected chi connectivity index (χ3v) is 4.00. The van der Waals surface area contributed by atoms with Crippen molar-refractivity contribution in [3.05, 3.63) is 41.6 Å². The Morgan fingerprint density at radius 1 is 1.46 bits per heavy atom. The molecule has 0 saturated heterocycles. The average molecular weight is 328 g/mol. The molecule has 2 aromatic rings. The van der Waals surface area contributed by atoms with E-state index in [9.17, 15) is 4.79 Å². The highest BCUT2D eigenvalue weighted by atomic mass is 16.5. The number of hydrogen-bond donors (Lipinski definition) is 2. The lowest BCUT2D eigenvalue weighted by Crippen LogP contribution is -2.33. The molecular weight excluding hydrogens is 304 g/mol. The summed E-state index contributed by atoms with van der Waals surface area (Å²) in [6.07, 6.45) is 0.891. The zero-order valence-electron chi connectivity index (χ0n) is 14.4. The maximum absolute atomic E-state index is 12.8. The van der Waals surface area contributed by atoms with Gasteiger partial charge < -0.3 is 10.1 Å². The number of nitrogens with zero attached hydrogens (tertiary/aromatic N) is 2. The smallest absolute Gasteiger partial charge is 0.247 e. The number of para-hydroxylation sites is 1. The summed E-state index contributed by atoms with van der Waals surface area (Å²) in [6.45, 7) is 5.47. The Morgan fingerprint density at radius 2 is 2.25 bits per heavy atom. The van der Waals surface area contributed by atoms with Crippen LogP contribution in [0.4, 0.5) is 5.82 Å². The van der Waals surface area contributed by atoms with E-state index in [-0.39, 0.29) is 5.91 Å². The van der Waals surface area contributed by atoms with E-state index in [0.717, 1.165) is 23.4 Å². The molecule has 0 bridgehead atoms. The molecule has 0 aliphatic carbocycles. The molecule has 1 unspecified atom stereocenters. The molecule has 1 aromatic carbocycles. The van der Waals surface area contributed by atoms with Gasteiger partial charge in [0.1, 0.15) is 24.2 Å². The van der Waals surface area contributed by atoms with Gasteiger partial charge in [-0.25, -0.2) is 0 Å². The maximum atomic E-state index is 12.8. The third kappa shape index (κ3) is 3.59. The molecule has 24 heavy (non-hydrogen) atoms. The minimum absolute atomic E-state index is 0.105. The second-order valence-electron chi connectivity index (χ2n) is 6.51. The standard InChI is InChI=1S/C18H24N4O2/c1-12(2)10-13-11-16(22(3)21-13)20-18(23)17-14-6-4-5-7-15(14)24-9-8-19-17/h4-7,11-12,17,19H,8-10H2,1-3H3,(H,20,23). The summed E-state index contributed by atoms with van der Waals surface area (Å²) in [5.74, 6) is 1.89. The molecular formula is C18H24N4O2. The van der Waals surface area contributed by atoms with Gasteiger partial charge >= 0.3 is 0 Å². The maximum Gasteiger partial charge on any atom is 0.247 e. The van der Waals surface area contributed by atoms with Crippen LogP contribution in [0.25, 0.3) is 0 Å². The van der Waals surface area contributed by atoms with Gasteiger partial charge in [0.25, 0.3) is 0 Å². The van der Waals surface area contributed by atoms with E-state index in [1.807, 2.05) is 37.4 Å². The predicted octanol–water partition coefficient (Wildman–Crippen LogP) is 2.28. The van der Waals surface area contributed by atoms with Gasteiger partial charge in [-0.2, -0.15) is 5.10 Å².